The number of hydrogen-bond acceptors (Lipinski definition) is 3. The maximum Gasteiger partial charge on any atom is 0.230 e. The van der Waals surface area contributed by atoms with Gasteiger partial charge in [-0.25, -0.2) is 4.98 Å². The average Bonchev–Trinajstić information content (AvgIpc) is 3.11. The monoisotopic (exact) mass is 385 g/mol. The first-order valence-electron chi connectivity index (χ1n) is 9.74. The Morgan fingerprint density at radius 3 is 2.48 bits per heavy atom. The molecular formula is C24H23N3O2. The Bertz CT molecular complexity index is 999. The van der Waals surface area contributed by atoms with Crippen LogP contribution in [0.25, 0.3) is 11.1 Å². The Labute approximate surface area is 170 Å². The normalized spacial score (nSPS) is 16.1. The van der Waals surface area contributed by atoms with Crippen LogP contribution in [0.1, 0.15) is 17.5 Å². The van der Waals surface area contributed by atoms with Crippen LogP contribution in [-0.4, -0.2) is 28.2 Å². The Balaban J connectivity index is 1.36. The number of likely N-dealkylation sites (tertiary alicyclic amines) is 1. The molecule has 0 spiro atoms. The number of nitrogens with one attached hydrogen (secondary N) is 1. The van der Waals surface area contributed by atoms with Gasteiger partial charge in [-0.2, -0.15) is 0 Å². The maximum absolute atomic E-state index is 12.6. The highest BCUT2D eigenvalue weighted by molar-refractivity contribution is 5.96. The zero-order valence-electron chi connectivity index (χ0n) is 16.3. The van der Waals surface area contributed by atoms with Gasteiger partial charge in [0.2, 0.25) is 11.8 Å². The van der Waals surface area contributed by atoms with Crippen LogP contribution < -0.4 is 5.32 Å². The van der Waals surface area contributed by atoms with Gasteiger partial charge in [-0.1, -0.05) is 60.2 Å². The molecule has 1 aliphatic rings. The van der Waals surface area contributed by atoms with Crippen molar-refractivity contribution in [3.05, 3.63) is 84.1 Å². The molecule has 4 rings (SSSR count). The second kappa shape index (κ2) is 8.27. The highest BCUT2D eigenvalue weighted by atomic mass is 16.2. The Kier molecular flexibility index (Phi) is 5.38. The quantitative estimate of drug-likeness (QED) is 0.721. The topological polar surface area (TPSA) is 62.3 Å². The number of nitrogens with zero attached hydrogens (tertiary/aromatic N) is 2. The zero-order valence-corrected chi connectivity index (χ0v) is 16.3. The number of carbonyl (C=O) groups is 2. The molecule has 146 valence electrons. The lowest BCUT2D eigenvalue weighted by atomic mass is 10.1. The third kappa shape index (κ3) is 4.51. The van der Waals surface area contributed by atoms with Crippen molar-refractivity contribution in [2.24, 2.45) is 5.92 Å². The van der Waals surface area contributed by atoms with Crippen LogP contribution in [0.5, 0.6) is 0 Å². The summed E-state index contributed by atoms with van der Waals surface area (Å²) in [6, 6.07) is 21.8. The Hall–Kier alpha value is -3.47. The number of hydrogen-bond donors (Lipinski definition) is 1. The summed E-state index contributed by atoms with van der Waals surface area (Å²) in [6.07, 6.45) is 1.98. The van der Waals surface area contributed by atoms with E-state index in [0.717, 1.165) is 16.7 Å². The van der Waals surface area contributed by atoms with Crippen molar-refractivity contribution in [3.63, 3.8) is 0 Å². The van der Waals surface area contributed by atoms with Gasteiger partial charge >= 0.3 is 0 Å². The molecule has 1 aliphatic heterocycles. The number of rotatable bonds is 5. The van der Waals surface area contributed by atoms with Gasteiger partial charge in [-0.05, 0) is 30.2 Å². The fourth-order valence-corrected chi connectivity index (χ4v) is 3.51. The lowest BCUT2D eigenvalue weighted by Crippen LogP contribution is -2.28. The molecule has 1 saturated heterocycles. The van der Waals surface area contributed by atoms with E-state index in [9.17, 15) is 9.59 Å². The van der Waals surface area contributed by atoms with Crippen molar-refractivity contribution < 1.29 is 9.59 Å². The molecule has 1 aromatic heterocycles. The van der Waals surface area contributed by atoms with Gasteiger partial charge in [-0.15, -0.1) is 0 Å². The van der Waals surface area contributed by atoms with Gasteiger partial charge in [-0.3, -0.25) is 9.59 Å². The molecule has 0 aliphatic carbocycles. The van der Waals surface area contributed by atoms with Crippen LogP contribution in [-0.2, 0) is 16.1 Å². The molecule has 1 fully saturated rings. The summed E-state index contributed by atoms with van der Waals surface area (Å²) in [5.74, 6) is -0.00881. The minimum Gasteiger partial charge on any atom is -0.338 e. The molecule has 29 heavy (non-hydrogen) atoms. The summed E-state index contributed by atoms with van der Waals surface area (Å²) in [5, 5.41) is 2.85. The van der Waals surface area contributed by atoms with E-state index in [1.165, 1.54) is 5.56 Å². The number of amides is 2. The van der Waals surface area contributed by atoms with Crippen LogP contribution >= 0.6 is 0 Å². The number of pyridine rings is 1. The smallest absolute Gasteiger partial charge is 0.230 e. The highest BCUT2D eigenvalue weighted by Gasteiger charge is 2.34. The molecule has 5 nitrogen and oxygen atoms in total. The minimum absolute atomic E-state index is 0.0121. The molecule has 1 N–H and O–H groups in total. The van der Waals surface area contributed by atoms with E-state index in [1.807, 2.05) is 67.6 Å². The molecule has 0 radical (unpaired) electrons. The molecular weight excluding hydrogens is 362 g/mol. The molecule has 2 heterocycles. The number of aromatic nitrogens is 1. The van der Waals surface area contributed by atoms with Crippen molar-refractivity contribution in [2.45, 2.75) is 19.9 Å². The van der Waals surface area contributed by atoms with Gasteiger partial charge in [0.05, 0.1) is 5.92 Å². The SMILES string of the molecule is Cc1ccc(CN2CC(C(=O)Nc3ccc(-c4ccccc4)cn3)CC2=O)cc1. The average molecular weight is 385 g/mol. The number of aryl methyl sites for hydroxylation is 1. The molecule has 2 aromatic carbocycles. The Morgan fingerprint density at radius 1 is 1.03 bits per heavy atom. The fourth-order valence-electron chi connectivity index (χ4n) is 3.51. The molecule has 0 bridgehead atoms. The van der Waals surface area contributed by atoms with Crippen molar-refractivity contribution in [3.8, 4) is 11.1 Å². The van der Waals surface area contributed by atoms with Gasteiger partial charge < -0.3 is 10.2 Å². The standard InChI is InChI=1S/C24H23N3O2/c1-17-7-9-18(10-8-17)15-27-16-21(13-23(27)28)24(29)26-22-12-11-20(14-25-22)19-5-3-2-4-6-19/h2-12,14,21H,13,15-16H2,1H3,(H,25,26,29). The second-order valence-electron chi connectivity index (χ2n) is 7.45. The van der Waals surface area contributed by atoms with Crippen LogP contribution in [0, 0.1) is 12.8 Å². The number of benzene rings is 2. The van der Waals surface area contributed by atoms with Crippen molar-refractivity contribution in [2.75, 3.05) is 11.9 Å². The lowest BCUT2D eigenvalue weighted by Gasteiger charge is -2.17. The van der Waals surface area contributed by atoms with Gasteiger partial charge in [0.25, 0.3) is 0 Å². The molecule has 5 heteroatoms. The molecule has 0 saturated carbocycles. The van der Waals surface area contributed by atoms with E-state index in [0.29, 0.717) is 18.9 Å². The molecule has 1 unspecified atom stereocenters. The van der Waals surface area contributed by atoms with Crippen LogP contribution in [0.15, 0.2) is 72.9 Å². The van der Waals surface area contributed by atoms with E-state index in [2.05, 4.69) is 10.3 Å². The van der Waals surface area contributed by atoms with Crippen LogP contribution in [0.2, 0.25) is 0 Å². The first kappa shape index (κ1) is 18.9. The summed E-state index contributed by atoms with van der Waals surface area (Å²) in [5.41, 5.74) is 4.32. The van der Waals surface area contributed by atoms with Crippen molar-refractivity contribution in [1.82, 2.24) is 9.88 Å². The van der Waals surface area contributed by atoms with E-state index in [4.69, 9.17) is 0 Å². The summed E-state index contributed by atoms with van der Waals surface area (Å²) in [6.45, 7) is 3.00. The predicted molar refractivity (Wildman–Crippen MR) is 113 cm³/mol. The van der Waals surface area contributed by atoms with Crippen LogP contribution in [0.4, 0.5) is 5.82 Å². The van der Waals surface area contributed by atoms with Crippen LogP contribution in [0.3, 0.4) is 0 Å². The van der Waals surface area contributed by atoms with E-state index >= 15 is 0 Å². The molecule has 1 atom stereocenters. The minimum atomic E-state index is -0.358. The maximum atomic E-state index is 12.6. The summed E-state index contributed by atoms with van der Waals surface area (Å²) in [4.78, 5) is 31.1. The van der Waals surface area contributed by atoms with E-state index in [-0.39, 0.29) is 24.2 Å². The summed E-state index contributed by atoms with van der Waals surface area (Å²) in [7, 11) is 0. The molecule has 3 aromatic rings. The third-order valence-electron chi connectivity index (χ3n) is 5.20. The van der Waals surface area contributed by atoms with Crippen molar-refractivity contribution >= 4 is 17.6 Å². The summed E-state index contributed by atoms with van der Waals surface area (Å²) >= 11 is 0. The van der Waals surface area contributed by atoms with Gasteiger partial charge in [0.1, 0.15) is 5.82 Å². The van der Waals surface area contributed by atoms with Gasteiger partial charge in [0, 0.05) is 31.3 Å². The highest BCUT2D eigenvalue weighted by Crippen LogP contribution is 2.23. The van der Waals surface area contributed by atoms with Gasteiger partial charge in [0.15, 0.2) is 0 Å². The van der Waals surface area contributed by atoms with Crippen molar-refractivity contribution in [1.29, 1.82) is 0 Å². The fraction of sp³-hybridized carbons (Fsp3) is 0.208. The lowest BCUT2D eigenvalue weighted by molar-refractivity contribution is -0.128. The first-order valence-corrected chi connectivity index (χ1v) is 9.74. The van der Waals surface area contributed by atoms with E-state index < -0.39 is 0 Å². The largest absolute Gasteiger partial charge is 0.338 e. The third-order valence-corrected chi connectivity index (χ3v) is 5.20. The summed E-state index contributed by atoms with van der Waals surface area (Å²) < 4.78 is 0. The number of anilines is 1. The predicted octanol–water partition coefficient (Wildman–Crippen LogP) is 4.04. The molecule has 2 amide bonds. The first-order chi connectivity index (χ1) is 14.1. The Morgan fingerprint density at radius 2 is 1.79 bits per heavy atom. The second-order valence-corrected chi connectivity index (χ2v) is 7.45. The zero-order chi connectivity index (χ0) is 20.2. The number of carbonyl (C=O) groups excluding carboxylic acids is 2. The van der Waals surface area contributed by atoms with E-state index in [1.54, 1.807) is 17.2 Å².